The average Bonchev–Trinajstić information content (AvgIpc) is 2.56. The van der Waals surface area contributed by atoms with Crippen LogP contribution in [0.3, 0.4) is 0 Å². The summed E-state index contributed by atoms with van der Waals surface area (Å²) in [4.78, 5) is 12.8. The lowest BCUT2D eigenvalue weighted by Gasteiger charge is -2.07. The molecule has 0 radical (unpaired) electrons. The summed E-state index contributed by atoms with van der Waals surface area (Å²) >= 11 is 5.99. The minimum Gasteiger partial charge on any atom is -0.265 e. The number of aromatic nitrogens is 3. The minimum atomic E-state index is 0.457. The van der Waals surface area contributed by atoms with Crippen molar-refractivity contribution in [2.24, 2.45) is 0 Å². The predicted octanol–water partition coefficient (Wildman–Crippen LogP) is 3.94. The van der Waals surface area contributed by atoms with Gasteiger partial charge in [0.15, 0.2) is 0 Å². The van der Waals surface area contributed by atoms with Crippen molar-refractivity contribution in [1.29, 1.82) is 0 Å². The van der Waals surface area contributed by atoms with Crippen LogP contribution >= 0.6 is 11.6 Å². The number of nitrogens with zero attached hydrogens (tertiary/aromatic N) is 3. The third kappa shape index (κ3) is 2.68. The first-order valence-corrected chi connectivity index (χ1v) is 6.78. The van der Waals surface area contributed by atoms with Crippen LogP contribution in [-0.2, 0) is 5.88 Å². The van der Waals surface area contributed by atoms with Crippen molar-refractivity contribution in [1.82, 2.24) is 15.0 Å². The predicted molar refractivity (Wildman–Crippen MR) is 80.3 cm³/mol. The first-order chi connectivity index (χ1) is 9.86. The maximum absolute atomic E-state index is 5.99. The van der Waals surface area contributed by atoms with Crippen LogP contribution in [0.2, 0.25) is 0 Å². The molecule has 98 valence electrons. The van der Waals surface area contributed by atoms with Crippen LogP contribution in [0.15, 0.2) is 61.2 Å². The number of hydrogen-bond donors (Lipinski definition) is 0. The third-order valence-electron chi connectivity index (χ3n) is 2.99. The van der Waals surface area contributed by atoms with E-state index in [1.807, 2.05) is 36.4 Å². The molecule has 3 aromatic rings. The molecule has 4 heteroatoms. The Morgan fingerprint density at radius 3 is 1.60 bits per heavy atom. The third-order valence-corrected chi connectivity index (χ3v) is 3.30. The van der Waals surface area contributed by atoms with Gasteiger partial charge < -0.3 is 0 Å². The van der Waals surface area contributed by atoms with E-state index in [1.54, 1.807) is 24.8 Å². The van der Waals surface area contributed by atoms with Gasteiger partial charge in [0.1, 0.15) is 0 Å². The van der Waals surface area contributed by atoms with Crippen LogP contribution in [0.5, 0.6) is 0 Å². The van der Waals surface area contributed by atoms with Crippen molar-refractivity contribution in [3.8, 4) is 22.5 Å². The van der Waals surface area contributed by atoms with Gasteiger partial charge in [-0.3, -0.25) is 9.97 Å². The summed E-state index contributed by atoms with van der Waals surface area (Å²) in [6.07, 6.45) is 7.04. The zero-order valence-electron chi connectivity index (χ0n) is 10.7. The molecule has 0 aromatic carbocycles. The van der Waals surface area contributed by atoms with Gasteiger partial charge in [0.05, 0.1) is 11.4 Å². The molecule has 3 nitrogen and oxygen atoms in total. The fourth-order valence-electron chi connectivity index (χ4n) is 2.01. The number of alkyl halides is 1. The first-order valence-electron chi connectivity index (χ1n) is 6.24. The Bertz CT molecular complexity index is 642. The molecule has 0 bridgehead atoms. The maximum atomic E-state index is 5.99. The van der Waals surface area contributed by atoms with Gasteiger partial charge in [-0.1, -0.05) is 0 Å². The van der Waals surface area contributed by atoms with Crippen molar-refractivity contribution >= 4 is 11.6 Å². The highest BCUT2D eigenvalue weighted by molar-refractivity contribution is 6.17. The summed E-state index contributed by atoms with van der Waals surface area (Å²) in [5.74, 6) is 0.457. The second-order valence-electron chi connectivity index (χ2n) is 4.35. The molecule has 20 heavy (non-hydrogen) atoms. The van der Waals surface area contributed by atoms with E-state index in [0.29, 0.717) is 5.88 Å². The van der Waals surface area contributed by atoms with Gasteiger partial charge in [0.2, 0.25) is 0 Å². The number of rotatable bonds is 3. The van der Waals surface area contributed by atoms with E-state index in [9.17, 15) is 0 Å². The van der Waals surface area contributed by atoms with Crippen molar-refractivity contribution < 1.29 is 0 Å². The summed E-state index contributed by atoms with van der Waals surface area (Å²) in [5.41, 5.74) is 4.90. The van der Waals surface area contributed by atoms with Crippen molar-refractivity contribution in [2.45, 2.75) is 5.88 Å². The van der Waals surface area contributed by atoms with E-state index in [1.165, 1.54) is 0 Å². The Labute approximate surface area is 122 Å². The molecule has 0 aliphatic rings. The van der Waals surface area contributed by atoms with Crippen LogP contribution in [-0.4, -0.2) is 15.0 Å². The smallest absolute Gasteiger partial charge is 0.0713 e. The van der Waals surface area contributed by atoms with Gasteiger partial charge in [0.25, 0.3) is 0 Å². The van der Waals surface area contributed by atoms with E-state index >= 15 is 0 Å². The van der Waals surface area contributed by atoms with Crippen LogP contribution < -0.4 is 0 Å². The Morgan fingerprint density at radius 2 is 1.20 bits per heavy atom. The fourth-order valence-corrected chi connectivity index (χ4v) is 2.16. The maximum Gasteiger partial charge on any atom is 0.0713 e. The topological polar surface area (TPSA) is 38.7 Å². The summed E-state index contributed by atoms with van der Waals surface area (Å²) in [6, 6.07) is 11.8. The average molecular weight is 282 g/mol. The van der Waals surface area contributed by atoms with Crippen LogP contribution in [0.25, 0.3) is 22.5 Å². The molecule has 0 saturated carbocycles. The summed E-state index contributed by atoms with van der Waals surface area (Å²) in [6.45, 7) is 0. The Morgan fingerprint density at radius 1 is 0.750 bits per heavy atom. The van der Waals surface area contributed by atoms with Gasteiger partial charge in [-0.2, -0.15) is 0 Å². The summed E-state index contributed by atoms with van der Waals surface area (Å²) in [5, 5.41) is 0. The van der Waals surface area contributed by atoms with Crippen LogP contribution in [0.1, 0.15) is 5.56 Å². The second-order valence-corrected chi connectivity index (χ2v) is 4.62. The Kier molecular flexibility index (Phi) is 3.70. The van der Waals surface area contributed by atoms with Gasteiger partial charge in [-0.25, -0.2) is 4.98 Å². The summed E-state index contributed by atoms with van der Waals surface area (Å²) < 4.78 is 0. The normalized spacial score (nSPS) is 10.4. The largest absolute Gasteiger partial charge is 0.265 e. The van der Waals surface area contributed by atoms with Crippen molar-refractivity contribution in [3.63, 3.8) is 0 Å². The van der Waals surface area contributed by atoms with Crippen molar-refractivity contribution in [3.05, 3.63) is 66.7 Å². The molecular weight excluding hydrogens is 270 g/mol. The zero-order valence-corrected chi connectivity index (χ0v) is 11.5. The Balaban J connectivity index is 2.13. The second kappa shape index (κ2) is 5.80. The highest BCUT2D eigenvalue weighted by Gasteiger charge is 2.06. The Hall–Kier alpha value is -2.26. The van der Waals surface area contributed by atoms with Crippen molar-refractivity contribution in [2.75, 3.05) is 0 Å². The SMILES string of the molecule is ClCc1cc(-c2ccncc2)nc(-c2ccncc2)c1. The van der Waals surface area contributed by atoms with Gasteiger partial charge in [-0.15, -0.1) is 11.6 Å². The van der Waals surface area contributed by atoms with Crippen LogP contribution in [0.4, 0.5) is 0 Å². The minimum absolute atomic E-state index is 0.457. The zero-order chi connectivity index (χ0) is 13.8. The lowest BCUT2D eigenvalue weighted by molar-refractivity contribution is 1.24. The molecule has 0 amide bonds. The molecular formula is C16H12ClN3. The fraction of sp³-hybridized carbons (Fsp3) is 0.0625. The van der Waals surface area contributed by atoms with Gasteiger partial charge in [-0.05, 0) is 42.0 Å². The lowest BCUT2D eigenvalue weighted by Crippen LogP contribution is -1.92. The molecule has 0 unspecified atom stereocenters. The van der Waals surface area contributed by atoms with E-state index in [2.05, 4.69) is 9.97 Å². The molecule has 3 aromatic heterocycles. The number of pyridine rings is 3. The number of halogens is 1. The number of hydrogen-bond acceptors (Lipinski definition) is 3. The summed E-state index contributed by atoms with van der Waals surface area (Å²) in [7, 11) is 0. The van der Waals surface area contributed by atoms with Gasteiger partial charge >= 0.3 is 0 Å². The van der Waals surface area contributed by atoms with E-state index < -0.39 is 0 Å². The van der Waals surface area contributed by atoms with E-state index in [0.717, 1.165) is 28.1 Å². The van der Waals surface area contributed by atoms with Gasteiger partial charge in [0, 0.05) is 41.8 Å². The quantitative estimate of drug-likeness (QED) is 0.683. The van der Waals surface area contributed by atoms with E-state index in [-0.39, 0.29) is 0 Å². The van der Waals surface area contributed by atoms with E-state index in [4.69, 9.17) is 16.6 Å². The molecule has 0 spiro atoms. The lowest BCUT2D eigenvalue weighted by atomic mass is 10.1. The van der Waals surface area contributed by atoms with Crippen LogP contribution in [0, 0.1) is 0 Å². The molecule has 3 rings (SSSR count). The standard InChI is InChI=1S/C16H12ClN3/c17-11-12-9-15(13-1-5-18-6-2-13)20-16(10-12)14-3-7-19-8-4-14/h1-10H,11H2. The molecule has 3 heterocycles. The first kappa shape index (κ1) is 12.8. The molecule has 0 aliphatic heterocycles. The highest BCUT2D eigenvalue weighted by Crippen LogP contribution is 2.24. The molecule has 0 N–H and O–H groups in total. The molecule has 0 saturated heterocycles. The highest BCUT2D eigenvalue weighted by atomic mass is 35.5. The monoisotopic (exact) mass is 281 g/mol. The molecule has 0 aliphatic carbocycles. The molecule has 0 fully saturated rings. The molecule has 0 atom stereocenters.